The van der Waals surface area contributed by atoms with Crippen LogP contribution < -0.4 is 10.6 Å². The van der Waals surface area contributed by atoms with Crippen molar-refractivity contribution >= 4 is 58.8 Å². The molecule has 20 heteroatoms. The van der Waals surface area contributed by atoms with Crippen LogP contribution >= 0.6 is 0 Å². The second kappa shape index (κ2) is 37.8. The van der Waals surface area contributed by atoms with Crippen LogP contribution in [0.25, 0.3) is 0 Å². The van der Waals surface area contributed by atoms with Crippen LogP contribution in [-0.4, -0.2) is 150 Å². The Hall–Kier alpha value is -5.96. The molecule has 0 heterocycles. The summed E-state index contributed by atoms with van der Waals surface area (Å²) in [5.41, 5.74) is 1.97. The third-order valence-electron chi connectivity index (χ3n) is 10.9. The summed E-state index contributed by atoms with van der Waals surface area (Å²) < 4.78 is 41.7. The standard InChI is InChI=1S/C52H74N2O18/c55-27-11-1-3-17-45(59)69-35-31-65-33-37-71-47(61)21-9-7-19-43(57)67-29-13-25-53-41-23-24-42(50-49(41)51(63)39-15-5-6-16-40(39)52(50)64)54-26-14-30-68-44(58)20-8-10-22-48(62)72-38-34-66-32-36-70-46(60)18-4-2-12-28-56/h5-6,15-16,23-24,53-56H,1-4,7-14,17-22,25-38H2. The number of fused-ring (bicyclic) bond motifs is 2. The highest BCUT2D eigenvalue weighted by Crippen LogP contribution is 2.36. The molecule has 400 valence electrons. The van der Waals surface area contributed by atoms with E-state index in [-0.39, 0.29) is 140 Å². The average molecular weight is 1020 g/mol. The lowest BCUT2D eigenvalue weighted by Gasteiger charge is -2.24. The van der Waals surface area contributed by atoms with E-state index in [1.165, 1.54) is 0 Å². The third-order valence-corrected chi connectivity index (χ3v) is 10.9. The Morgan fingerprint density at radius 2 is 0.653 bits per heavy atom. The van der Waals surface area contributed by atoms with Crippen molar-refractivity contribution in [2.75, 3.05) is 103 Å². The molecule has 0 saturated heterocycles. The Kier molecular flexibility index (Phi) is 31.7. The third kappa shape index (κ3) is 25.4. The van der Waals surface area contributed by atoms with Crippen molar-refractivity contribution in [1.29, 1.82) is 0 Å². The van der Waals surface area contributed by atoms with Crippen LogP contribution in [-0.2, 0) is 66.7 Å². The predicted octanol–water partition coefficient (Wildman–Crippen LogP) is 5.58. The van der Waals surface area contributed by atoms with Gasteiger partial charge >= 0.3 is 35.8 Å². The summed E-state index contributed by atoms with van der Waals surface area (Å²) in [6, 6.07) is 10.1. The first kappa shape index (κ1) is 60.3. The van der Waals surface area contributed by atoms with E-state index in [2.05, 4.69) is 10.6 Å². The Bertz CT molecular complexity index is 1850. The number of unbranched alkanes of at least 4 members (excludes halogenated alkanes) is 6. The van der Waals surface area contributed by atoms with E-state index in [1.54, 1.807) is 36.4 Å². The Balaban J connectivity index is 1.27. The summed E-state index contributed by atoms with van der Waals surface area (Å²) in [6.07, 6.45) is 7.83. The zero-order valence-corrected chi connectivity index (χ0v) is 41.5. The molecule has 72 heavy (non-hydrogen) atoms. The molecular weight excluding hydrogens is 941 g/mol. The van der Waals surface area contributed by atoms with Gasteiger partial charge in [-0.1, -0.05) is 37.1 Å². The maximum absolute atomic E-state index is 13.8. The lowest BCUT2D eigenvalue weighted by molar-refractivity contribution is -0.148. The number of anilines is 2. The zero-order chi connectivity index (χ0) is 52.0. The summed E-state index contributed by atoms with van der Waals surface area (Å²) in [6.45, 7) is 2.11. The first-order chi connectivity index (χ1) is 35.0. The number of ketones is 2. The highest BCUT2D eigenvalue weighted by atomic mass is 16.6. The molecule has 2 aromatic rings. The Morgan fingerprint density at radius 1 is 0.361 bits per heavy atom. The summed E-state index contributed by atoms with van der Waals surface area (Å²) in [7, 11) is 0. The normalized spacial score (nSPS) is 11.5. The fourth-order valence-corrected chi connectivity index (χ4v) is 7.17. The van der Waals surface area contributed by atoms with E-state index in [0.717, 1.165) is 12.8 Å². The van der Waals surface area contributed by atoms with Crippen molar-refractivity contribution in [3.8, 4) is 0 Å². The van der Waals surface area contributed by atoms with Gasteiger partial charge in [-0.25, -0.2) is 0 Å². The molecule has 1 aliphatic rings. The lowest BCUT2D eigenvalue weighted by Crippen LogP contribution is -2.25. The van der Waals surface area contributed by atoms with Crippen LogP contribution in [0.1, 0.15) is 147 Å². The van der Waals surface area contributed by atoms with Crippen LogP contribution in [0.5, 0.6) is 0 Å². The first-order valence-corrected chi connectivity index (χ1v) is 25.2. The molecule has 0 unspecified atom stereocenters. The smallest absolute Gasteiger partial charge is 0.305 e. The maximum Gasteiger partial charge on any atom is 0.305 e. The minimum atomic E-state index is -0.414. The van der Waals surface area contributed by atoms with E-state index in [4.69, 9.17) is 48.1 Å². The molecule has 1 aliphatic carbocycles. The van der Waals surface area contributed by atoms with Crippen LogP contribution in [0.4, 0.5) is 11.4 Å². The van der Waals surface area contributed by atoms with Gasteiger partial charge in [-0.05, 0) is 76.3 Å². The lowest BCUT2D eigenvalue weighted by atomic mass is 9.82. The van der Waals surface area contributed by atoms with Crippen molar-refractivity contribution < 1.29 is 86.5 Å². The minimum Gasteiger partial charge on any atom is -0.466 e. The van der Waals surface area contributed by atoms with Gasteiger partial charge in [-0.3, -0.25) is 38.4 Å². The van der Waals surface area contributed by atoms with Gasteiger partial charge in [0.05, 0.1) is 50.8 Å². The quantitative estimate of drug-likeness (QED) is 0.0306. The molecule has 2 aromatic carbocycles. The summed E-state index contributed by atoms with van der Waals surface area (Å²) in [5, 5.41) is 24.0. The van der Waals surface area contributed by atoms with Crippen molar-refractivity contribution in [3.63, 3.8) is 0 Å². The maximum atomic E-state index is 13.8. The molecule has 0 fully saturated rings. The molecule has 0 aliphatic heterocycles. The van der Waals surface area contributed by atoms with Gasteiger partial charge in [0.25, 0.3) is 0 Å². The summed E-state index contributed by atoms with van der Waals surface area (Å²) >= 11 is 0. The fraction of sp³-hybridized carbons (Fsp3) is 0.615. The number of benzene rings is 2. The number of aliphatic hydroxyl groups is 2. The van der Waals surface area contributed by atoms with Crippen molar-refractivity contribution in [2.45, 2.75) is 116 Å². The second-order valence-electron chi connectivity index (χ2n) is 16.7. The molecule has 0 saturated carbocycles. The van der Waals surface area contributed by atoms with Crippen LogP contribution in [0.2, 0.25) is 0 Å². The number of rotatable bonds is 42. The van der Waals surface area contributed by atoms with Gasteiger partial charge in [0.2, 0.25) is 0 Å². The van der Waals surface area contributed by atoms with Gasteiger partial charge < -0.3 is 58.7 Å². The number of esters is 6. The molecule has 20 nitrogen and oxygen atoms in total. The second-order valence-corrected chi connectivity index (χ2v) is 16.7. The van der Waals surface area contributed by atoms with E-state index in [1.807, 2.05) is 0 Å². The van der Waals surface area contributed by atoms with Crippen molar-refractivity contribution in [1.82, 2.24) is 0 Å². The Morgan fingerprint density at radius 3 is 0.958 bits per heavy atom. The molecule has 0 amide bonds. The molecule has 4 N–H and O–H groups in total. The number of aliphatic hydroxyl groups excluding tert-OH is 2. The van der Waals surface area contributed by atoms with Crippen LogP contribution in [0.15, 0.2) is 36.4 Å². The number of nitrogens with one attached hydrogen (secondary N) is 2. The minimum absolute atomic E-state index is 0.0555. The van der Waals surface area contributed by atoms with Crippen LogP contribution in [0, 0.1) is 0 Å². The highest BCUT2D eigenvalue weighted by Gasteiger charge is 2.33. The largest absolute Gasteiger partial charge is 0.466 e. The van der Waals surface area contributed by atoms with Crippen molar-refractivity contribution in [3.05, 3.63) is 58.7 Å². The average Bonchev–Trinajstić information content (AvgIpc) is 3.37. The van der Waals surface area contributed by atoms with E-state index >= 15 is 0 Å². The first-order valence-electron chi connectivity index (χ1n) is 25.2. The zero-order valence-electron chi connectivity index (χ0n) is 41.5. The summed E-state index contributed by atoms with van der Waals surface area (Å²) in [5.74, 6) is -2.90. The Labute approximate surface area is 421 Å². The molecule has 0 atom stereocenters. The summed E-state index contributed by atoms with van der Waals surface area (Å²) in [4.78, 5) is 99.6. The predicted molar refractivity (Wildman–Crippen MR) is 261 cm³/mol. The van der Waals surface area contributed by atoms with Gasteiger partial charge in [-0.15, -0.1) is 0 Å². The number of hydrogen-bond donors (Lipinski definition) is 4. The fourth-order valence-electron chi connectivity index (χ4n) is 7.17. The van der Waals surface area contributed by atoms with E-state index < -0.39 is 23.9 Å². The molecule has 0 aromatic heterocycles. The number of hydrogen-bond acceptors (Lipinski definition) is 20. The highest BCUT2D eigenvalue weighted by molar-refractivity contribution is 6.31. The van der Waals surface area contributed by atoms with Crippen molar-refractivity contribution in [2.24, 2.45) is 0 Å². The SMILES string of the molecule is O=C(CCCCC(=O)OCCOCCOC(=O)CCCCCO)OCCCNc1ccc(NCCCOC(=O)CCCCC(=O)OCCOCCOC(=O)CCCCCO)c2c1C(=O)c1ccccc1C2=O. The van der Waals surface area contributed by atoms with E-state index in [0.29, 0.717) is 113 Å². The molecule has 3 rings (SSSR count). The molecular formula is C52H74N2O18. The monoisotopic (exact) mass is 1010 g/mol. The van der Waals surface area contributed by atoms with Crippen LogP contribution in [0.3, 0.4) is 0 Å². The topological polar surface area (TPSA) is 275 Å². The number of carbonyl (C=O) groups excluding carboxylic acids is 8. The number of ether oxygens (including phenoxy) is 8. The molecule has 0 bridgehead atoms. The van der Waals surface area contributed by atoms with Gasteiger partial charge in [0.15, 0.2) is 11.6 Å². The van der Waals surface area contributed by atoms with E-state index in [9.17, 15) is 38.4 Å². The molecule has 0 spiro atoms. The van der Waals surface area contributed by atoms with Gasteiger partial charge in [0, 0.05) is 87.3 Å². The number of carbonyl (C=O) groups is 8. The van der Waals surface area contributed by atoms with Gasteiger partial charge in [-0.2, -0.15) is 0 Å². The van der Waals surface area contributed by atoms with Gasteiger partial charge in [0.1, 0.15) is 26.4 Å². The molecule has 0 radical (unpaired) electrons.